The van der Waals surface area contributed by atoms with Crippen molar-refractivity contribution in [2.75, 3.05) is 12.4 Å². The third-order valence-electron chi connectivity index (χ3n) is 2.80. The molecule has 0 radical (unpaired) electrons. The number of methoxy groups -OCH3 is 1. The van der Waals surface area contributed by atoms with Gasteiger partial charge in [0.25, 0.3) is 0 Å². The molecule has 146 valence electrons. The summed E-state index contributed by atoms with van der Waals surface area (Å²) in [7, 11) is 1.25. The van der Waals surface area contributed by atoms with E-state index < -0.39 is 30.2 Å². The van der Waals surface area contributed by atoms with E-state index in [-0.39, 0.29) is 27.5 Å². The average molecular weight is 481 g/mol. The number of phenolic OH excluding ortho intramolecular Hbond substituents is 1. The summed E-state index contributed by atoms with van der Waals surface area (Å²) in [6, 6.07) is 6.49. The smallest absolute Gasteiger partial charge is 0.358 e. The molecule has 1 aromatic carbocycles. The molecule has 1 heterocycles. The van der Waals surface area contributed by atoms with Gasteiger partial charge in [0.15, 0.2) is 5.69 Å². The number of halogens is 2. The van der Waals surface area contributed by atoms with Gasteiger partial charge in [-0.25, -0.2) is 9.78 Å². The Hall–Kier alpha value is -2.03. The van der Waals surface area contributed by atoms with E-state index >= 15 is 0 Å². The van der Waals surface area contributed by atoms with Gasteiger partial charge in [0.2, 0.25) is 0 Å². The van der Waals surface area contributed by atoms with Crippen molar-refractivity contribution in [3.8, 4) is 5.75 Å². The Labute approximate surface area is 166 Å². The van der Waals surface area contributed by atoms with Crippen molar-refractivity contribution in [1.82, 2.24) is 4.98 Å². The first-order valence-electron chi connectivity index (χ1n) is 7.02. The van der Waals surface area contributed by atoms with Gasteiger partial charge < -0.3 is 4.74 Å². The predicted molar refractivity (Wildman–Crippen MR) is 98.5 cm³/mol. The minimum atomic E-state index is -5.09. The van der Waals surface area contributed by atoms with Crippen LogP contribution in [0.5, 0.6) is 5.75 Å². The van der Waals surface area contributed by atoms with Crippen molar-refractivity contribution in [2.24, 2.45) is 0 Å². The van der Waals surface area contributed by atoms with E-state index in [0.29, 0.717) is 0 Å². The maximum absolute atomic E-state index is 11.0. The summed E-state index contributed by atoms with van der Waals surface area (Å²) >= 11 is 6.10. The number of ether oxygens (including phenoxy) is 1. The number of pyridine rings is 1. The predicted octanol–water partition coefficient (Wildman–Crippen LogP) is 1.09. The number of benzene rings is 1. The van der Waals surface area contributed by atoms with Crippen LogP contribution in [0.15, 0.2) is 30.3 Å². The Morgan fingerprint density at radius 1 is 1.19 bits per heavy atom. The zero-order chi connectivity index (χ0) is 20.8. The topological polar surface area (TPSA) is 146 Å². The number of carbonyl (C=O) groups excluding carboxylic acids is 2. The number of carbonyl (C=O) groups is 2. The largest absolute Gasteiger partial charge is 0.464 e. The van der Waals surface area contributed by atoms with E-state index in [1.165, 1.54) is 32.2 Å². The summed E-state index contributed by atoms with van der Waals surface area (Å²) in [6.07, 6.45) is 0. The van der Waals surface area contributed by atoms with Crippen LogP contribution in [0, 0.1) is 0 Å². The van der Waals surface area contributed by atoms with Crippen LogP contribution >= 0.6 is 23.2 Å². The number of aromatic hydroxyl groups is 1. The van der Waals surface area contributed by atoms with Crippen LogP contribution in [-0.4, -0.2) is 51.4 Å². The third kappa shape index (κ3) is 7.24. The van der Waals surface area contributed by atoms with E-state index in [0.717, 1.165) is 12.1 Å². The first-order chi connectivity index (χ1) is 12.5. The summed E-state index contributed by atoms with van der Waals surface area (Å²) < 4.78 is 32.7. The minimum absolute atomic E-state index is 0.0340. The number of aromatic nitrogens is 1. The fourth-order valence-electron chi connectivity index (χ4n) is 1.71. The Balaban J connectivity index is 0.000000277. The van der Waals surface area contributed by atoms with Gasteiger partial charge in [0.05, 0.1) is 12.1 Å². The summed E-state index contributed by atoms with van der Waals surface area (Å²) in [5, 5.41) is 12.1. The molecular weight excluding hydrogens is 466 g/mol. The van der Waals surface area contributed by atoms with E-state index in [1.54, 1.807) is 0 Å². The van der Waals surface area contributed by atoms with E-state index in [4.69, 9.17) is 31.4 Å². The van der Waals surface area contributed by atoms with E-state index in [9.17, 15) is 18.4 Å². The molecule has 1 amide bonds. The van der Waals surface area contributed by atoms with Crippen LogP contribution < -0.4 is 9.67 Å². The van der Waals surface area contributed by atoms with Gasteiger partial charge in [-0.1, -0.05) is 23.2 Å². The number of esters is 1. The van der Waals surface area contributed by atoms with Gasteiger partial charge in [0.1, 0.15) is 5.15 Å². The fourth-order valence-corrected chi connectivity index (χ4v) is 3.36. The van der Waals surface area contributed by atoms with Gasteiger partial charge in [-0.3, -0.25) is 0 Å². The van der Waals surface area contributed by atoms with Crippen molar-refractivity contribution < 1.29 is 31.4 Å². The molecule has 0 spiro atoms. The van der Waals surface area contributed by atoms with Crippen LogP contribution in [0.2, 0.25) is 10.2 Å². The minimum Gasteiger partial charge on any atom is -0.464 e. The molecular formula is C15H15AsCl2N2O7. The zero-order valence-corrected chi connectivity index (χ0v) is 17.4. The first kappa shape index (κ1) is 23.0. The molecule has 2 aromatic rings. The van der Waals surface area contributed by atoms with E-state index in [2.05, 4.69) is 15.0 Å². The molecule has 0 saturated carbocycles. The molecule has 0 aliphatic rings. The Bertz CT molecular complexity index is 902. The summed E-state index contributed by atoms with van der Waals surface area (Å²) in [5.74, 6) is -1.44. The van der Waals surface area contributed by atoms with Gasteiger partial charge >= 0.3 is 94.1 Å². The van der Waals surface area contributed by atoms with Crippen LogP contribution in [0.4, 0.5) is 5.69 Å². The number of rotatable bonds is 3. The second-order valence-electron chi connectivity index (χ2n) is 4.88. The summed E-state index contributed by atoms with van der Waals surface area (Å²) in [4.78, 5) is 25.3. The number of nitrogens with zero attached hydrogens (tertiary/aromatic N) is 1. The second-order valence-corrected chi connectivity index (χ2v) is 8.97. The normalized spacial score (nSPS) is 10.4. The summed E-state index contributed by atoms with van der Waals surface area (Å²) in [6.45, 7) is 1.29. The number of hydrogen-bond acceptors (Lipinski definition) is 6. The quantitative estimate of drug-likeness (QED) is 0.290. The van der Waals surface area contributed by atoms with Crippen LogP contribution in [-0.2, 0) is 13.3 Å². The molecule has 0 fully saturated rings. The Kier molecular flexibility index (Phi) is 8.33. The van der Waals surface area contributed by atoms with Crippen molar-refractivity contribution in [2.45, 2.75) is 6.92 Å². The van der Waals surface area contributed by atoms with Crippen LogP contribution in [0.3, 0.4) is 0 Å². The standard InChI is InChI=1S/C8H10AsNO5.C7H5Cl2NO2/c1-5(11)10-6-2-3-7(8(12)4-6)9(13,14)15;1-12-7(11)6-4(8)2-3-5(9)10-6/h2-4,12H,1H3,(H,10,11)(H2,13,14,15);2-3H,1H3. The fraction of sp³-hybridized carbons (Fsp3) is 0.133. The van der Waals surface area contributed by atoms with Crippen molar-refractivity contribution in [3.05, 3.63) is 46.2 Å². The molecule has 27 heavy (non-hydrogen) atoms. The number of anilines is 1. The first-order valence-corrected chi connectivity index (χ1v) is 11.2. The maximum Gasteiger partial charge on any atom is 0.358 e. The molecule has 4 N–H and O–H groups in total. The van der Waals surface area contributed by atoms with Crippen molar-refractivity contribution in [3.63, 3.8) is 0 Å². The average Bonchev–Trinajstić information content (AvgIpc) is 2.55. The third-order valence-corrected chi connectivity index (χ3v) is 5.43. The Morgan fingerprint density at radius 2 is 1.81 bits per heavy atom. The molecule has 0 bridgehead atoms. The van der Waals surface area contributed by atoms with Crippen LogP contribution in [0.25, 0.3) is 0 Å². The molecule has 0 saturated heterocycles. The van der Waals surface area contributed by atoms with Gasteiger partial charge in [-0.2, -0.15) is 0 Å². The molecule has 12 heteroatoms. The monoisotopic (exact) mass is 480 g/mol. The molecule has 1 aromatic heterocycles. The van der Waals surface area contributed by atoms with Crippen molar-refractivity contribution in [1.29, 1.82) is 0 Å². The molecule has 0 aliphatic carbocycles. The molecule has 0 atom stereocenters. The molecule has 0 unspecified atom stereocenters. The van der Waals surface area contributed by atoms with Gasteiger partial charge in [-0.05, 0) is 12.1 Å². The maximum atomic E-state index is 11.0. The molecule has 2 rings (SSSR count). The molecule has 0 aliphatic heterocycles. The van der Waals surface area contributed by atoms with E-state index in [1.807, 2.05) is 0 Å². The zero-order valence-electron chi connectivity index (χ0n) is 14.0. The number of nitrogens with one attached hydrogen (secondary N) is 1. The number of hydrogen-bond donors (Lipinski definition) is 4. The van der Waals surface area contributed by atoms with Gasteiger partial charge in [0, 0.05) is 0 Å². The van der Waals surface area contributed by atoms with Crippen molar-refractivity contribution >= 4 is 59.3 Å². The molecule has 9 nitrogen and oxygen atoms in total. The second kappa shape index (κ2) is 9.77. The number of phenols is 1. The van der Waals surface area contributed by atoms with Gasteiger partial charge in [-0.15, -0.1) is 0 Å². The Morgan fingerprint density at radius 3 is 2.30 bits per heavy atom. The SMILES string of the molecule is CC(=O)Nc1ccc([As](=O)(O)O)c(O)c1.COC(=O)c1nc(Cl)ccc1Cl. The summed E-state index contributed by atoms with van der Waals surface area (Å²) in [5.41, 5.74) is 0.319. The number of amides is 1. The van der Waals surface area contributed by atoms with Crippen LogP contribution in [0.1, 0.15) is 17.4 Å².